The molecule has 0 radical (unpaired) electrons. The summed E-state index contributed by atoms with van der Waals surface area (Å²) in [6.07, 6.45) is 8.46. The van der Waals surface area contributed by atoms with E-state index in [2.05, 4.69) is 20.5 Å². The van der Waals surface area contributed by atoms with Crippen molar-refractivity contribution in [2.75, 3.05) is 19.7 Å². The normalized spacial score (nSPS) is 23.0. The minimum absolute atomic E-state index is 0.111. The number of aromatic nitrogens is 2. The van der Waals surface area contributed by atoms with Gasteiger partial charge in [-0.2, -0.15) is 0 Å². The molecule has 2 atom stereocenters. The summed E-state index contributed by atoms with van der Waals surface area (Å²) in [6.45, 7) is 5.54. The molecule has 2 fully saturated rings. The van der Waals surface area contributed by atoms with E-state index in [0.29, 0.717) is 35.2 Å². The molecule has 0 bridgehead atoms. The van der Waals surface area contributed by atoms with E-state index in [1.54, 1.807) is 31.3 Å². The summed E-state index contributed by atoms with van der Waals surface area (Å²) in [4.78, 5) is 18.2. The summed E-state index contributed by atoms with van der Waals surface area (Å²) in [7, 11) is 0. The van der Waals surface area contributed by atoms with Gasteiger partial charge in [0.1, 0.15) is 11.6 Å². The van der Waals surface area contributed by atoms with Crippen LogP contribution in [-0.4, -0.2) is 51.3 Å². The number of hydrogen-bond donors (Lipinski definition) is 1. The van der Waals surface area contributed by atoms with E-state index in [-0.39, 0.29) is 12.0 Å². The lowest BCUT2D eigenvalue weighted by molar-refractivity contribution is -0.131. The molecule has 2 aromatic carbocycles. The molecular formula is C31H33ClFN3O5. The van der Waals surface area contributed by atoms with E-state index in [1.807, 2.05) is 12.1 Å². The van der Waals surface area contributed by atoms with E-state index in [4.69, 9.17) is 30.9 Å². The first-order valence-corrected chi connectivity index (χ1v) is 14.4. The Bertz CT molecular complexity index is 1460. The number of rotatable bonds is 8. The molecule has 1 N–H and O–H groups in total. The maximum atomic E-state index is 14.8. The molecule has 216 valence electrons. The fraction of sp³-hybridized carbons (Fsp3) is 0.419. The summed E-state index contributed by atoms with van der Waals surface area (Å²) in [5.74, 6) is -0.281. The molecule has 6 rings (SSSR count). The number of hydrogen-bond acceptors (Lipinski definition) is 6. The van der Waals surface area contributed by atoms with Crippen LogP contribution in [0.15, 0.2) is 48.7 Å². The minimum atomic E-state index is -1.28. The van der Waals surface area contributed by atoms with E-state index in [1.165, 1.54) is 6.07 Å². The summed E-state index contributed by atoms with van der Waals surface area (Å²) >= 11 is 5.96. The van der Waals surface area contributed by atoms with Gasteiger partial charge in [0.2, 0.25) is 0 Å². The zero-order valence-electron chi connectivity index (χ0n) is 22.9. The average molecular weight is 582 g/mol. The molecule has 8 nitrogen and oxygen atoms in total. The molecule has 0 amide bonds. The predicted octanol–water partition coefficient (Wildman–Crippen LogP) is 5.98. The number of fused-ring (bicyclic) bond motifs is 1. The molecule has 3 aliphatic rings. The number of benzene rings is 2. The maximum absolute atomic E-state index is 14.8. The highest BCUT2D eigenvalue weighted by atomic mass is 35.5. The number of halogens is 2. The van der Waals surface area contributed by atoms with Crippen LogP contribution < -0.4 is 9.47 Å². The fourth-order valence-electron chi connectivity index (χ4n) is 6.09. The number of likely N-dealkylation sites (tertiary alicyclic amines) is 1. The monoisotopic (exact) mass is 581 g/mol. The number of para-hydroxylation sites is 1. The van der Waals surface area contributed by atoms with Crippen LogP contribution in [0.2, 0.25) is 5.02 Å². The van der Waals surface area contributed by atoms with Crippen LogP contribution in [0.5, 0.6) is 11.5 Å². The minimum Gasteiger partial charge on any atom is -0.478 e. The number of nitrogens with zero attached hydrogens (tertiary/aromatic N) is 3. The van der Waals surface area contributed by atoms with Gasteiger partial charge in [0.15, 0.2) is 11.5 Å². The first kappa shape index (κ1) is 27.8. The van der Waals surface area contributed by atoms with E-state index in [0.717, 1.165) is 68.5 Å². The van der Waals surface area contributed by atoms with Gasteiger partial charge in [0.05, 0.1) is 36.6 Å². The zero-order valence-corrected chi connectivity index (χ0v) is 23.6. The van der Waals surface area contributed by atoms with Crippen molar-refractivity contribution in [3.63, 3.8) is 0 Å². The van der Waals surface area contributed by atoms with E-state index in [9.17, 15) is 9.18 Å². The van der Waals surface area contributed by atoms with Crippen molar-refractivity contribution in [3.05, 3.63) is 82.2 Å². The van der Waals surface area contributed by atoms with Crippen LogP contribution in [0.25, 0.3) is 6.08 Å². The van der Waals surface area contributed by atoms with Gasteiger partial charge >= 0.3 is 5.97 Å². The standard InChI is InChI=1S/C31H33ClFN3O5/c1-31(25-9-7-21(32)16-26(25)33)40-27-6-2-5-24(30(27)41-31)20-11-13-35(14-12-20)19-28-34-17-22(8-10-29(37)38)36(28)18-23-4-3-15-39-23/h2,5-10,16-17,20,23H,3-4,11-15,18-19H2,1H3,(H,37,38)/b10-8+. The lowest BCUT2D eigenvalue weighted by Crippen LogP contribution is -2.34. The highest BCUT2D eigenvalue weighted by Crippen LogP contribution is 2.49. The van der Waals surface area contributed by atoms with Crippen LogP contribution in [0.3, 0.4) is 0 Å². The Morgan fingerprint density at radius 3 is 2.78 bits per heavy atom. The Morgan fingerprint density at radius 2 is 2.05 bits per heavy atom. The number of imidazole rings is 1. The highest BCUT2D eigenvalue weighted by Gasteiger charge is 2.43. The highest BCUT2D eigenvalue weighted by molar-refractivity contribution is 6.30. The SMILES string of the molecule is CC1(c2ccc(Cl)cc2F)Oc2cccc(C3CCN(Cc4ncc(/C=C/C(=O)O)n4CC4CCCO4)CC3)c2O1. The summed E-state index contributed by atoms with van der Waals surface area (Å²) in [6, 6.07) is 10.4. The average Bonchev–Trinajstić information content (AvgIpc) is 3.67. The van der Waals surface area contributed by atoms with Gasteiger partial charge in [-0.05, 0) is 75.0 Å². The van der Waals surface area contributed by atoms with Gasteiger partial charge in [0, 0.05) is 30.2 Å². The molecule has 3 aromatic rings. The molecular weight excluding hydrogens is 549 g/mol. The maximum Gasteiger partial charge on any atom is 0.328 e. The van der Waals surface area contributed by atoms with Crippen molar-refractivity contribution in [3.8, 4) is 11.5 Å². The van der Waals surface area contributed by atoms with Gasteiger partial charge < -0.3 is 23.9 Å². The van der Waals surface area contributed by atoms with E-state index < -0.39 is 17.6 Å². The van der Waals surface area contributed by atoms with Gasteiger partial charge in [0.25, 0.3) is 5.79 Å². The van der Waals surface area contributed by atoms with Gasteiger partial charge in [-0.1, -0.05) is 23.7 Å². The van der Waals surface area contributed by atoms with E-state index >= 15 is 0 Å². The Morgan fingerprint density at radius 1 is 1.22 bits per heavy atom. The summed E-state index contributed by atoms with van der Waals surface area (Å²) in [5.41, 5.74) is 2.14. The molecule has 1 aromatic heterocycles. The molecule has 41 heavy (non-hydrogen) atoms. The Balaban J connectivity index is 1.14. The van der Waals surface area contributed by atoms with Gasteiger partial charge in [-0.25, -0.2) is 14.2 Å². The molecule has 2 saturated heterocycles. The second-order valence-electron chi connectivity index (χ2n) is 11.0. The Kier molecular flexibility index (Phi) is 7.76. The third-order valence-corrected chi connectivity index (χ3v) is 8.43. The summed E-state index contributed by atoms with van der Waals surface area (Å²) in [5, 5.41) is 9.44. The van der Waals surface area contributed by atoms with Crippen molar-refractivity contribution in [2.24, 2.45) is 0 Å². The Hall–Kier alpha value is -3.40. The van der Waals surface area contributed by atoms with Crippen LogP contribution in [0.4, 0.5) is 4.39 Å². The predicted molar refractivity (Wildman–Crippen MR) is 152 cm³/mol. The molecule has 4 heterocycles. The quantitative estimate of drug-likeness (QED) is 0.328. The smallest absolute Gasteiger partial charge is 0.328 e. The Labute approximate surface area is 243 Å². The second kappa shape index (κ2) is 11.5. The van der Waals surface area contributed by atoms with Crippen molar-refractivity contribution in [1.29, 1.82) is 0 Å². The van der Waals surface area contributed by atoms with Gasteiger partial charge in [-0.3, -0.25) is 4.90 Å². The molecule has 0 aliphatic carbocycles. The number of ether oxygens (including phenoxy) is 3. The van der Waals surface area contributed by atoms with Crippen LogP contribution in [0.1, 0.15) is 61.2 Å². The van der Waals surface area contributed by atoms with Crippen molar-refractivity contribution < 1.29 is 28.5 Å². The number of piperidine rings is 1. The van der Waals surface area contributed by atoms with Gasteiger partial charge in [-0.15, -0.1) is 0 Å². The third kappa shape index (κ3) is 5.84. The fourth-order valence-corrected chi connectivity index (χ4v) is 6.25. The van der Waals surface area contributed by atoms with Crippen molar-refractivity contribution in [2.45, 2.75) is 63.5 Å². The first-order valence-electron chi connectivity index (χ1n) is 14.0. The number of carboxylic acid groups (broad SMARTS) is 1. The third-order valence-electron chi connectivity index (χ3n) is 8.20. The lowest BCUT2D eigenvalue weighted by Gasteiger charge is -2.32. The molecule has 10 heteroatoms. The molecule has 3 aliphatic heterocycles. The second-order valence-corrected chi connectivity index (χ2v) is 11.5. The van der Waals surface area contributed by atoms with Crippen LogP contribution >= 0.6 is 11.6 Å². The zero-order chi connectivity index (χ0) is 28.6. The molecule has 0 spiro atoms. The number of carboxylic acids is 1. The lowest BCUT2D eigenvalue weighted by atomic mass is 9.88. The molecule has 2 unspecified atom stereocenters. The van der Waals surface area contributed by atoms with Crippen LogP contribution in [-0.2, 0) is 28.4 Å². The van der Waals surface area contributed by atoms with Crippen molar-refractivity contribution >= 4 is 23.6 Å². The number of carbonyl (C=O) groups is 1. The van der Waals surface area contributed by atoms with Crippen LogP contribution in [0, 0.1) is 5.82 Å². The molecule has 0 saturated carbocycles. The first-order chi connectivity index (χ1) is 19.8. The topological polar surface area (TPSA) is 86.1 Å². The van der Waals surface area contributed by atoms with Crippen molar-refractivity contribution in [1.82, 2.24) is 14.5 Å². The largest absolute Gasteiger partial charge is 0.478 e. The summed E-state index contributed by atoms with van der Waals surface area (Å²) < 4.78 is 35.2. The number of aliphatic carboxylic acids is 1.